The van der Waals surface area contributed by atoms with Crippen molar-refractivity contribution in [3.63, 3.8) is 0 Å². The predicted molar refractivity (Wildman–Crippen MR) is 534 cm³/mol. The van der Waals surface area contributed by atoms with E-state index in [1.807, 2.05) is 112 Å². The summed E-state index contributed by atoms with van der Waals surface area (Å²) >= 11 is 0. The molecule has 4 atom stereocenters. The highest BCUT2D eigenvalue weighted by Gasteiger charge is 2.33. The van der Waals surface area contributed by atoms with Gasteiger partial charge in [-0.2, -0.15) is 0 Å². The molecule has 0 radical (unpaired) electrons. The van der Waals surface area contributed by atoms with E-state index in [1.165, 1.54) is 44.5 Å². The van der Waals surface area contributed by atoms with E-state index in [9.17, 15) is 20.4 Å². The highest BCUT2D eigenvalue weighted by Crippen LogP contribution is 2.44. The maximum absolute atomic E-state index is 10.7. The van der Waals surface area contributed by atoms with Crippen molar-refractivity contribution in [3.05, 3.63) is 238 Å². The standard InChI is InChI=1S/C29H33N3O5.C28H31N3O5.C27H29N3O6.C27H29N3O5/c1-18(2)28-30-31-29(37-28)27-15-23-25(4-3-5-26(23)36-27)35-17-22(33)16-32-11-8-19(9-12-32)20-6-7-24-21(14-20)10-13-34-24;1-2-27-29-30-28(36-27)26-15-22-24(4-3-5-25(22)35-26)34-17-21(32)16-31-11-8-18(9-12-31)19-6-7-23-20(14-19)10-13-33-23;31-15-26-28-29-27(36-26)25-13-21-23(2-1-3-24(21)35-25)34-16-20(32)14-30-9-6-17(7-10-30)18-4-5-22-19(12-18)8-11-33-22;1-17-28-29-27(34-17)26-14-22-24(3-2-4-25(22)35-26)33-16-21(31)15-30-10-7-18(8-11-30)19-5-6-23-20(13-19)9-12-32-23/h3-7,14-15,18-19,22,33H,8-13,16-17H2,1-2H3;3-7,14-15,18,21,32H,2,8-13,16-17H2,1H3;1-5,12-13,17,20,31-32H,6-11,14-16H2;2-6,13-14,18,21,31H,7-12,15-16H2,1H3/t22-;21-;20-;21-/m0000/s1. The number of rotatable bonds is 31. The molecule has 8 aromatic carbocycles. The van der Waals surface area contributed by atoms with Crippen LogP contribution in [0.1, 0.15) is 170 Å². The monoisotopic (exact) mass is 1960 g/mol. The minimum absolute atomic E-state index is 0.121. The molecule has 0 bridgehead atoms. The molecular formula is C111H122N12O21. The second kappa shape index (κ2) is 44.4. The number of likely N-dealkylation sites (tertiary alicyclic amines) is 4. The van der Waals surface area contributed by atoms with E-state index < -0.39 is 24.4 Å². The first-order chi connectivity index (χ1) is 70.5. The van der Waals surface area contributed by atoms with E-state index in [0.717, 1.165) is 200 Å². The lowest BCUT2D eigenvalue weighted by molar-refractivity contribution is 0.0598. The van der Waals surface area contributed by atoms with Gasteiger partial charge in [0.1, 0.15) is 126 Å². The van der Waals surface area contributed by atoms with E-state index in [4.69, 9.17) is 78.3 Å². The molecule has 0 amide bonds. The van der Waals surface area contributed by atoms with E-state index in [-0.39, 0.29) is 50.7 Å². The molecular weight excluding hydrogens is 1840 g/mol. The highest BCUT2D eigenvalue weighted by atomic mass is 16.5. The Kier molecular flexibility index (Phi) is 29.8. The number of furan rings is 4. The second-order valence-electron chi connectivity index (χ2n) is 38.9. The van der Waals surface area contributed by atoms with Crippen LogP contribution in [0.5, 0.6) is 46.0 Å². The van der Waals surface area contributed by atoms with Gasteiger partial charge in [-0.05, 0) is 245 Å². The van der Waals surface area contributed by atoms with Gasteiger partial charge in [-0.25, -0.2) is 0 Å². The Hall–Kier alpha value is -13.5. The first-order valence-corrected chi connectivity index (χ1v) is 50.6. The Balaban J connectivity index is 0.000000113. The second-order valence-corrected chi connectivity index (χ2v) is 38.9. The van der Waals surface area contributed by atoms with Crippen molar-refractivity contribution in [3.8, 4) is 92.6 Å². The van der Waals surface area contributed by atoms with Crippen LogP contribution in [0.2, 0.25) is 0 Å². The van der Waals surface area contributed by atoms with Crippen LogP contribution in [-0.2, 0) is 38.7 Å². The molecule has 4 fully saturated rings. The van der Waals surface area contributed by atoms with Gasteiger partial charge in [0.25, 0.3) is 23.6 Å². The van der Waals surface area contributed by atoms with Crippen LogP contribution in [0.3, 0.4) is 0 Å². The summed E-state index contributed by atoms with van der Waals surface area (Å²) in [7, 11) is 0. The average Bonchev–Trinajstić information content (AvgIpc) is 1.65. The normalized spacial score (nSPS) is 17.3. The fourth-order valence-corrected chi connectivity index (χ4v) is 20.7. The van der Waals surface area contributed by atoms with Gasteiger partial charge in [0.15, 0.2) is 23.0 Å². The number of benzene rings is 8. The van der Waals surface area contributed by atoms with Crippen molar-refractivity contribution in [2.75, 3.05) is 131 Å². The Labute approximate surface area is 832 Å². The third-order valence-electron chi connectivity index (χ3n) is 28.5. The average molecular weight is 1960 g/mol. The van der Waals surface area contributed by atoms with Crippen LogP contribution >= 0.6 is 0 Å². The van der Waals surface area contributed by atoms with Gasteiger partial charge in [-0.15, -0.1) is 40.8 Å². The zero-order valence-electron chi connectivity index (χ0n) is 81.5. The number of nitrogens with zero attached hydrogens (tertiary/aromatic N) is 12. The van der Waals surface area contributed by atoms with Crippen molar-refractivity contribution in [2.24, 2.45) is 0 Å². The van der Waals surface area contributed by atoms with Crippen molar-refractivity contribution in [1.29, 1.82) is 0 Å². The van der Waals surface area contributed by atoms with E-state index in [2.05, 4.69) is 133 Å². The summed E-state index contributed by atoms with van der Waals surface area (Å²) in [6.45, 7) is 21.5. The van der Waals surface area contributed by atoms with Crippen LogP contribution in [0, 0.1) is 6.92 Å². The van der Waals surface area contributed by atoms with E-state index >= 15 is 0 Å². The summed E-state index contributed by atoms with van der Waals surface area (Å²) in [6.07, 6.45) is 11.1. The van der Waals surface area contributed by atoms with Crippen LogP contribution in [0.4, 0.5) is 0 Å². The molecule has 8 aliphatic rings. The number of piperidine rings is 4. The molecule has 4 saturated heterocycles. The zero-order valence-corrected chi connectivity index (χ0v) is 81.5. The Morgan fingerprint density at radius 1 is 0.326 bits per heavy atom. The van der Waals surface area contributed by atoms with Crippen LogP contribution in [-0.4, -0.2) is 242 Å². The van der Waals surface area contributed by atoms with Crippen LogP contribution < -0.4 is 37.9 Å². The molecule has 24 rings (SSSR count). The predicted octanol–water partition coefficient (Wildman–Crippen LogP) is 17.6. The Bertz CT molecular complexity index is 6810. The number of hydrogen-bond acceptors (Lipinski definition) is 33. The fourth-order valence-electron chi connectivity index (χ4n) is 20.7. The van der Waals surface area contributed by atoms with Crippen LogP contribution in [0.15, 0.2) is 205 Å². The zero-order chi connectivity index (χ0) is 98.1. The number of β-amino-alcohol motifs (C(OH)–C–C–N with tert-alkyl or cyclic N) is 4. The third-order valence-corrected chi connectivity index (χ3v) is 28.5. The first-order valence-electron chi connectivity index (χ1n) is 50.6. The molecule has 33 heteroatoms. The molecule has 0 aliphatic carbocycles. The third kappa shape index (κ3) is 22.8. The van der Waals surface area contributed by atoms with Gasteiger partial charge in [-0.1, -0.05) is 93.6 Å². The number of ether oxygens (including phenoxy) is 8. The van der Waals surface area contributed by atoms with Gasteiger partial charge < -0.3 is 118 Å². The number of aliphatic hydroxyl groups excluding tert-OH is 5. The molecule has 0 saturated carbocycles. The number of fused-ring (bicyclic) bond motifs is 8. The maximum atomic E-state index is 10.7. The lowest BCUT2D eigenvalue weighted by Crippen LogP contribution is -2.40. The number of aliphatic hydroxyl groups is 5. The van der Waals surface area contributed by atoms with Gasteiger partial charge >= 0.3 is 0 Å². The lowest BCUT2D eigenvalue weighted by Gasteiger charge is -2.33. The van der Waals surface area contributed by atoms with Crippen molar-refractivity contribution in [2.45, 2.75) is 172 Å². The summed E-state index contributed by atoms with van der Waals surface area (Å²) in [6, 6.07) is 56.3. The van der Waals surface area contributed by atoms with Crippen LogP contribution in [0.25, 0.3) is 90.5 Å². The molecule has 0 spiro atoms. The smallest absolute Gasteiger partial charge is 0.283 e. The fraction of sp³-hybridized carbons (Fsp3) is 0.423. The molecule has 8 aromatic heterocycles. The highest BCUT2D eigenvalue weighted by molar-refractivity contribution is 5.90. The molecule has 8 aliphatic heterocycles. The first kappa shape index (κ1) is 96.6. The Morgan fingerprint density at radius 3 is 0.882 bits per heavy atom. The van der Waals surface area contributed by atoms with Crippen molar-refractivity contribution < 1.29 is 98.8 Å². The van der Waals surface area contributed by atoms with Gasteiger partial charge in [0.05, 0.1) is 48.0 Å². The summed E-state index contributed by atoms with van der Waals surface area (Å²) in [5, 5.41) is 86.9. The number of aromatic nitrogens is 8. The number of hydrogen-bond donors (Lipinski definition) is 5. The maximum Gasteiger partial charge on any atom is 0.283 e. The minimum atomic E-state index is -0.608. The van der Waals surface area contributed by atoms with E-state index in [1.54, 1.807) is 13.0 Å². The summed E-state index contributed by atoms with van der Waals surface area (Å²) < 4.78 is 92.3. The van der Waals surface area contributed by atoms with Crippen molar-refractivity contribution >= 4 is 43.9 Å². The summed E-state index contributed by atoms with van der Waals surface area (Å²) in [4.78, 5) is 9.30. The van der Waals surface area contributed by atoms with Crippen molar-refractivity contribution in [1.82, 2.24) is 60.4 Å². The SMILES string of the molecule is CC(C)c1nnc(-c2cc3c(OC[C@@H](O)CN4CCC(c5ccc6c(c5)CCO6)CC4)cccc3o2)o1.CCc1nnc(-c2cc3c(OC[C@@H](O)CN4CCC(c5ccc6c(c5)CCO6)CC4)cccc3o2)o1.Cc1nnc(-c2cc3c(OC[C@@H](O)CN4CCC(c5ccc6c(c5)CCO6)CC4)cccc3o2)o1.OCc1nnc(-c2cc3c(OC[C@@H](O)CN4CCC(c5ccc6c(c5)CCO6)CC4)cccc3o2)o1. The molecule has 752 valence electrons. The molecule has 5 N–H and O–H groups in total. The molecule has 144 heavy (non-hydrogen) atoms. The minimum Gasteiger partial charge on any atom is -0.493 e. The molecule has 0 unspecified atom stereocenters. The quantitative estimate of drug-likeness (QED) is 0.0269. The van der Waals surface area contributed by atoms with Gasteiger partial charge in [0, 0.05) is 95.4 Å². The summed E-state index contributed by atoms with van der Waals surface area (Å²) in [5.41, 5.74) is 13.6. The lowest BCUT2D eigenvalue weighted by atomic mass is 9.88. The Morgan fingerprint density at radius 2 is 0.611 bits per heavy atom. The van der Waals surface area contributed by atoms with E-state index in [0.29, 0.717) is 160 Å². The number of aryl methyl sites for hydroxylation is 2. The van der Waals surface area contributed by atoms with Gasteiger partial charge in [0.2, 0.25) is 23.6 Å². The van der Waals surface area contributed by atoms with Gasteiger partial charge in [-0.3, -0.25) is 0 Å². The molecule has 33 nitrogen and oxygen atoms in total. The molecule has 16 aromatic rings. The summed E-state index contributed by atoms with van der Waals surface area (Å²) in [5.74, 6) is 14.0. The largest absolute Gasteiger partial charge is 0.493 e. The topological polar surface area (TPSA) is 396 Å². The molecule has 16 heterocycles.